The summed E-state index contributed by atoms with van der Waals surface area (Å²) >= 11 is 1.90. The maximum atomic E-state index is 13.4. The van der Waals surface area contributed by atoms with Crippen LogP contribution < -0.4 is 5.32 Å². The first kappa shape index (κ1) is 29.5. The molecule has 1 atom stereocenters. The predicted octanol–water partition coefficient (Wildman–Crippen LogP) is 8.52. The van der Waals surface area contributed by atoms with Crippen LogP contribution in [-0.4, -0.2) is 42.9 Å². The minimum Gasteiger partial charge on any atom is -0.356 e. The van der Waals surface area contributed by atoms with Crippen molar-refractivity contribution < 1.29 is 4.39 Å². The Bertz CT molecular complexity index is 1080. The van der Waals surface area contributed by atoms with Crippen LogP contribution in [0.15, 0.2) is 76.3 Å². The monoisotopic (exact) mass is 523 g/mol. The van der Waals surface area contributed by atoms with Gasteiger partial charge in [0.05, 0.1) is 0 Å². The highest BCUT2D eigenvalue weighted by molar-refractivity contribution is 7.97. The average Bonchev–Trinajstić information content (AvgIpc) is 2.86. The van der Waals surface area contributed by atoms with E-state index >= 15 is 0 Å². The van der Waals surface area contributed by atoms with Gasteiger partial charge < -0.3 is 10.2 Å². The largest absolute Gasteiger partial charge is 0.356 e. The normalized spacial score (nSPS) is 20.2. The molecule has 1 saturated heterocycles. The van der Waals surface area contributed by atoms with Gasteiger partial charge >= 0.3 is 0 Å². The molecular weight excluding hydrogens is 477 g/mol. The Hall–Kier alpha value is -2.08. The van der Waals surface area contributed by atoms with Crippen molar-refractivity contribution in [3.05, 3.63) is 82.8 Å². The van der Waals surface area contributed by atoms with Gasteiger partial charge in [0.15, 0.2) is 0 Å². The SMILES string of the molecule is CC.CC1=C(Nc2ccc(F)cc2)C=C2CCN(Sc3ccc(C(C)(C)C)cc3)CC2(CCN(C)C)C1. The molecule has 0 bridgehead atoms. The van der Waals surface area contributed by atoms with E-state index in [1.54, 1.807) is 5.57 Å². The molecule has 0 spiro atoms. The number of nitrogens with zero attached hydrogens (tertiary/aromatic N) is 2. The van der Waals surface area contributed by atoms with Crippen molar-refractivity contribution in [3.63, 3.8) is 0 Å². The lowest BCUT2D eigenvalue weighted by Gasteiger charge is -2.47. The predicted molar refractivity (Wildman–Crippen MR) is 160 cm³/mol. The molecule has 2 aromatic carbocycles. The number of allylic oxidation sites excluding steroid dienone is 2. The van der Waals surface area contributed by atoms with E-state index in [0.29, 0.717) is 0 Å². The van der Waals surface area contributed by atoms with Crippen LogP contribution in [0.25, 0.3) is 0 Å². The lowest BCUT2D eigenvalue weighted by Crippen LogP contribution is -2.45. The molecule has 1 heterocycles. The molecule has 0 amide bonds. The summed E-state index contributed by atoms with van der Waals surface area (Å²) in [6, 6.07) is 15.8. The Labute approximate surface area is 229 Å². The number of benzene rings is 2. The number of halogens is 1. The third-order valence-electron chi connectivity index (χ3n) is 7.29. The van der Waals surface area contributed by atoms with Gasteiger partial charge in [-0.05, 0) is 118 Å². The molecule has 2 aromatic rings. The number of fused-ring (bicyclic) bond motifs is 1. The van der Waals surface area contributed by atoms with E-state index in [4.69, 9.17) is 0 Å². The topological polar surface area (TPSA) is 18.5 Å². The van der Waals surface area contributed by atoms with Crippen LogP contribution in [0.1, 0.15) is 66.4 Å². The molecule has 37 heavy (non-hydrogen) atoms. The third-order valence-corrected chi connectivity index (χ3v) is 8.34. The molecule has 0 aromatic heterocycles. The number of anilines is 1. The number of piperidine rings is 1. The van der Waals surface area contributed by atoms with E-state index in [9.17, 15) is 4.39 Å². The second-order valence-corrected chi connectivity index (χ2v) is 12.7. The second kappa shape index (κ2) is 12.6. The van der Waals surface area contributed by atoms with Gasteiger partial charge in [-0.15, -0.1) is 0 Å². The smallest absolute Gasteiger partial charge is 0.123 e. The molecule has 1 unspecified atom stereocenters. The fourth-order valence-electron chi connectivity index (χ4n) is 5.16. The molecule has 3 nitrogen and oxygen atoms in total. The van der Waals surface area contributed by atoms with Crippen LogP contribution in [0.4, 0.5) is 10.1 Å². The van der Waals surface area contributed by atoms with Crippen LogP contribution in [-0.2, 0) is 5.41 Å². The van der Waals surface area contributed by atoms with Crippen molar-refractivity contribution in [2.24, 2.45) is 5.41 Å². The van der Waals surface area contributed by atoms with Gasteiger partial charge in [0, 0.05) is 34.8 Å². The van der Waals surface area contributed by atoms with Crippen LogP contribution in [0, 0.1) is 11.2 Å². The van der Waals surface area contributed by atoms with E-state index in [0.717, 1.165) is 44.6 Å². The Morgan fingerprint density at radius 2 is 1.68 bits per heavy atom. The molecular formula is C32H46FN3S. The Morgan fingerprint density at radius 1 is 1.03 bits per heavy atom. The summed E-state index contributed by atoms with van der Waals surface area (Å²) in [6.07, 6.45) is 5.66. The van der Waals surface area contributed by atoms with Crippen molar-refractivity contribution in [2.45, 2.75) is 71.1 Å². The maximum Gasteiger partial charge on any atom is 0.123 e. The second-order valence-electron chi connectivity index (χ2n) is 11.5. The molecule has 1 aliphatic carbocycles. The first-order chi connectivity index (χ1) is 17.5. The van der Waals surface area contributed by atoms with Gasteiger partial charge in [-0.2, -0.15) is 0 Å². The quantitative estimate of drug-likeness (QED) is 0.366. The van der Waals surface area contributed by atoms with Gasteiger partial charge in [-0.3, -0.25) is 0 Å². The first-order valence-corrected chi connectivity index (χ1v) is 14.4. The van der Waals surface area contributed by atoms with Crippen LogP contribution in [0.2, 0.25) is 0 Å². The standard InChI is InChI=1S/C30H40FN3S.C2H6/c1-22-20-30(16-18-33(5)6)21-34(35-27-13-7-23(8-14-27)29(2,3)4)17-15-24(30)19-28(22)32-26-11-9-25(31)10-12-26;1-2/h7-14,19,32H,15-18,20-21H2,1-6H3;1-2H3. The summed E-state index contributed by atoms with van der Waals surface area (Å²) < 4.78 is 15.9. The lowest BCUT2D eigenvalue weighted by atomic mass is 9.66. The minimum absolute atomic E-state index is 0.152. The van der Waals surface area contributed by atoms with Crippen molar-refractivity contribution >= 4 is 17.6 Å². The zero-order valence-corrected chi connectivity index (χ0v) is 24.9. The summed E-state index contributed by atoms with van der Waals surface area (Å²) in [5, 5.41) is 3.55. The molecule has 202 valence electrons. The number of nitrogens with one attached hydrogen (secondary N) is 1. The summed E-state index contributed by atoms with van der Waals surface area (Å²) in [5.74, 6) is -0.205. The molecule has 5 heteroatoms. The van der Waals surface area contributed by atoms with E-state index in [1.165, 1.54) is 33.9 Å². The highest BCUT2D eigenvalue weighted by Crippen LogP contribution is 2.49. The van der Waals surface area contributed by atoms with Gasteiger partial charge in [-0.1, -0.05) is 52.3 Å². The molecule has 0 saturated carbocycles. The highest BCUT2D eigenvalue weighted by Gasteiger charge is 2.42. The Morgan fingerprint density at radius 3 is 2.27 bits per heavy atom. The zero-order valence-electron chi connectivity index (χ0n) is 24.1. The van der Waals surface area contributed by atoms with Crippen LogP contribution in [0.3, 0.4) is 0 Å². The number of hydrogen-bond acceptors (Lipinski definition) is 4. The van der Waals surface area contributed by atoms with Gasteiger partial charge in [0.25, 0.3) is 0 Å². The van der Waals surface area contributed by atoms with Crippen LogP contribution >= 0.6 is 11.9 Å². The Balaban J connectivity index is 0.00000186. The molecule has 4 rings (SSSR count). The maximum absolute atomic E-state index is 13.4. The average molecular weight is 524 g/mol. The van der Waals surface area contributed by atoms with Crippen molar-refractivity contribution in [2.75, 3.05) is 39.0 Å². The van der Waals surface area contributed by atoms with Gasteiger partial charge in [0.1, 0.15) is 5.82 Å². The zero-order chi connectivity index (χ0) is 27.2. The summed E-state index contributed by atoms with van der Waals surface area (Å²) in [7, 11) is 4.33. The minimum atomic E-state index is -0.205. The molecule has 1 aliphatic heterocycles. The van der Waals surface area contributed by atoms with E-state index in [2.05, 4.69) is 86.7 Å². The number of rotatable bonds is 7. The third kappa shape index (κ3) is 7.72. The fraction of sp³-hybridized carbons (Fsp3) is 0.500. The van der Waals surface area contributed by atoms with E-state index in [-0.39, 0.29) is 16.6 Å². The van der Waals surface area contributed by atoms with Crippen LogP contribution in [0.5, 0.6) is 0 Å². The lowest BCUT2D eigenvalue weighted by molar-refractivity contribution is 0.186. The molecule has 0 radical (unpaired) electrons. The van der Waals surface area contributed by atoms with Crippen molar-refractivity contribution in [3.8, 4) is 0 Å². The summed E-state index contributed by atoms with van der Waals surface area (Å²) in [5.41, 5.74) is 6.74. The first-order valence-electron chi connectivity index (χ1n) is 13.7. The van der Waals surface area contributed by atoms with E-state index < -0.39 is 0 Å². The fourth-order valence-corrected chi connectivity index (χ4v) is 6.21. The summed E-state index contributed by atoms with van der Waals surface area (Å²) in [4.78, 5) is 3.62. The molecule has 1 N–H and O–H groups in total. The summed E-state index contributed by atoms with van der Waals surface area (Å²) in [6.45, 7) is 16.2. The van der Waals surface area contributed by atoms with Gasteiger partial charge in [0.2, 0.25) is 0 Å². The van der Waals surface area contributed by atoms with E-state index in [1.807, 2.05) is 37.9 Å². The molecule has 2 aliphatic rings. The highest BCUT2D eigenvalue weighted by atomic mass is 32.2. The van der Waals surface area contributed by atoms with Crippen molar-refractivity contribution in [1.29, 1.82) is 0 Å². The Kier molecular flexibility index (Phi) is 10.1. The van der Waals surface area contributed by atoms with Crippen molar-refractivity contribution in [1.82, 2.24) is 9.21 Å². The van der Waals surface area contributed by atoms with Gasteiger partial charge in [-0.25, -0.2) is 8.70 Å². The molecule has 1 fully saturated rings. The number of hydrogen-bond donors (Lipinski definition) is 1.